The monoisotopic (exact) mass is 242 g/mol. The number of carbonyl (C=O) groups excluding carboxylic acids is 1. The van der Waals surface area contributed by atoms with Crippen molar-refractivity contribution in [1.29, 1.82) is 0 Å². The van der Waals surface area contributed by atoms with Crippen LogP contribution in [0, 0.1) is 0 Å². The molecule has 0 saturated carbocycles. The molecule has 0 bridgehead atoms. The standard InChI is InChI=1S/C9H14N4O4/c1-12-6(10-11-7(14)5-17-3)4-8(15)13(2)9(12)16/h4,10H,5H2,1-3H3,(H,11,14). The Labute approximate surface area is 96.8 Å². The maximum Gasteiger partial charge on any atom is 0.332 e. The van der Waals surface area contributed by atoms with Gasteiger partial charge in [-0.1, -0.05) is 0 Å². The second-order valence-corrected chi connectivity index (χ2v) is 3.37. The van der Waals surface area contributed by atoms with Gasteiger partial charge in [0.15, 0.2) is 0 Å². The van der Waals surface area contributed by atoms with Gasteiger partial charge in [-0.2, -0.15) is 0 Å². The molecule has 0 aliphatic rings. The van der Waals surface area contributed by atoms with E-state index in [1.165, 1.54) is 31.8 Å². The molecule has 0 saturated heterocycles. The summed E-state index contributed by atoms with van der Waals surface area (Å²) in [4.78, 5) is 34.0. The zero-order valence-corrected chi connectivity index (χ0v) is 9.81. The molecule has 94 valence electrons. The minimum Gasteiger partial charge on any atom is -0.375 e. The van der Waals surface area contributed by atoms with Crippen LogP contribution in [0.25, 0.3) is 0 Å². The van der Waals surface area contributed by atoms with Crippen LogP contribution in [0.3, 0.4) is 0 Å². The first kappa shape index (κ1) is 13.0. The quantitative estimate of drug-likeness (QED) is 0.606. The summed E-state index contributed by atoms with van der Waals surface area (Å²) in [6.45, 7) is -0.119. The van der Waals surface area contributed by atoms with Crippen molar-refractivity contribution < 1.29 is 9.53 Å². The lowest BCUT2D eigenvalue weighted by atomic mass is 10.5. The van der Waals surface area contributed by atoms with Crippen molar-refractivity contribution in [2.24, 2.45) is 14.1 Å². The Morgan fingerprint density at radius 2 is 2.00 bits per heavy atom. The molecule has 1 aromatic heterocycles. The summed E-state index contributed by atoms with van der Waals surface area (Å²) in [7, 11) is 4.23. The van der Waals surface area contributed by atoms with E-state index in [1.807, 2.05) is 0 Å². The molecule has 8 nitrogen and oxygen atoms in total. The zero-order valence-electron chi connectivity index (χ0n) is 9.81. The van der Waals surface area contributed by atoms with Crippen molar-refractivity contribution >= 4 is 11.7 Å². The van der Waals surface area contributed by atoms with Gasteiger partial charge in [0.05, 0.1) is 0 Å². The van der Waals surface area contributed by atoms with Crippen LogP contribution in [0.2, 0.25) is 0 Å². The molecule has 1 aromatic rings. The van der Waals surface area contributed by atoms with E-state index in [0.29, 0.717) is 0 Å². The Bertz CT molecular complexity index is 531. The number of anilines is 1. The number of rotatable bonds is 4. The summed E-state index contributed by atoms with van der Waals surface area (Å²) in [5.41, 5.74) is 3.82. The highest BCUT2D eigenvalue weighted by molar-refractivity contribution is 5.78. The molecule has 0 aromatic carbocycles. The molecule has 1 rings (SSSR count). The average Bonchev–Trinajstić information content (AvgIpc) is 2.30. The van der Waals surface area contributed by atoms with Gasteiger partial charge in [0.2, 0.25) is 0 Å². The van der Waals surface area contributed by atoms with Crippen molar-refractivity contribution in [3.8, 4) is 0 Å². The molecule has 0 radical (unpaired) electrons. The summed E-state index contributed by atoms with van der Waals surface area (Å²) in [6.07, 6.45) is 0. The number of hydrogen-bond donors (Lipinski definition) is 2. The predicted octanol–water partition coefficient (Wildman–Crippen LogP) is -1.83. The van der Waals surface area contributed by atoms with E-state index >= 15 is 0 Å². The summed E-state index contributed by atoms with van der Waals surface area (Å²) in [5.74, 6) is -0.219. The van der Waals surface area contributed by atoms with Crippen LogP contribution in [0.1, 0.15) is 0 Å². The molecular weight excluding hydrogens is 228 g/mol. The maximum absolute atomic E-state index is 11.5. The van der Waals surface area contributed by atoms with Gasteiger partial charge in [0, 0.05) is 27.3 Å². The van der Waals surface area contributed by atoms with Gasteiger partial charge in [-0.15, -0.1) is 0 Å². The lowest BCUT2D eigenvalue weighted by molar-refractivity contribution is -0.124. The number of amides is 1. The van der Waals surface area contributed by atoms with Gasteiger partial charge < -0.3 is 4.74 Å². The van der Waals surface area contributed by atoms with Crippen molar-refractivity contribution in [1.82, 2.24) is 14.6 Å². The molecule has 2 N–H and O–H groups in total. The van der Waals surface area contributed by atoms with Gasteiger partial charge >= 0.3 is 5.69 Å². The lowest BCUT2D eigenvalue weighted by Crippen LogP contribution is -2.40. The van der Waals surface area contributed by atoms with Gasteiger partial charge in [-0.05, 0) is 0 Å². The average molecular weight is 242 g/mol. The van der Waals surface area contributed by atoms with Crippen LogP contribution < -0.4 is 22.1 Å². The highest BCUT2D eigenvalue weighted by Crippen LogP contribution is 1.94. The third kappa shape index (κ3) is 2.94. The fourth-order valence-electron chi connectivity index (χ4n) is 1.15. The van der Waals surface area contributed by atoms with Crippen molar-refractivity contribution in [3.05, 3.63) is 26.9 Å². The number of nitrogens with zero attached hydrogens (tertiary/aromatic N) is 2. The first-order chi connectivity index (χ1) is 7.97. The molecular formula is C9H14N4O4. The van der Waals surface area contributed by atoms with Crippen LogP contribution in [-0.2, 0) is 23.6 Å². The van der Waals surface area contributed by atoms with E-state index < -0.39 is 17.2 Å². The van der Waals surface area contributed by atoms with Gasteiger partial charge in [-0.3, -0.25) is 29.6 Å². The number of carbonyl (C=O) groups is 1. The van der Waals surface area contributed by atoms with E-state index in [0.717, 1.165) is 4.57 Å². The second kappa shape index (κ2) is 5.30. The summed E-state index contributed by atoms with van der Waals surface area (Å²) < 4.78 is 6.77. The highest BCUT2D eigenvalue weighted by atomic mass is 16.5. The van der Waals surface area contributed by atoms with Crippen molar-refractivity contribution in [3.63, 3.8) is 0 Å². The zero-order chi connectivity index (χ0) is 13.0. The van der Waals surface area contributed by atoms with Crippen LogP contribution in [0.5, 0.6) is 0 Å². The van der Waals surface area contributed by atoms with Gasteiger partial charge in [0.25, 0.3) is 11.5 Å². The Hall–Kier alpha value is -2.09. The van der Waals surface area contributed by atoms with Gasteiger partial charge in [-0.25, -0.2) is 4.79 Å². The maximum atomic E-state index is 11.5. The minimum atomic E-state index is -0.485. The molecule has 0 aliphatic heterocycles. The molecule has 0 spiro atoms. The summed E-state index contributed by atoms with van der Waals surface area (Å²) in [6, 6.07) is 1.20. The number of hydrogen-bond acceptors (Lipinski definition) is 5. The summed E-state index contributed by atoms with van der Waals surface area (Å²) in [5, 5.41) is 0. The first-order valence-corrected chi connectivity index (χ1v) is 4.78. The van der Waals surface area contributed by atoms with Crippen molar-refractivity contribution in [2.75, 3.05) is 19.1 Å². The fraction of sp³-hybridized carbons (Fsp3) is 0.444. The van der Waals surface area contributed by atoms with Crippen LogP contribution in [-0.4, -0.2) is 28.8 Å². The minimum absolute atomic E-state index is 0.119. The molecule has 1 amide bonds. The Balaban J connectivity index is 2.90. The van der Waals surface area contributed by atoms with Crippen LogP contribution in [0.15, 0.2) is 15.7 Å². The van der Waals surface area contributed by atoms with Crippen LogP contribution >= 0.6 is 0 Å². The van der Waals surface area contributed by atoms with E-state index in [-0.39, 0.29) is 12.4 Å². The highest BCUT2D eigenvalue weighted by Gasteiger charge is 2.06. The number of aromatic nitrogens is 2. The summed E-state index contributed by atoms with van der Waals surface area (Å²) >= 11 is 0. The molecule has 1 heterocycles. The third-order valence-corrected chi connectivity index (χ3v) is 2.13. The first-order valence-electron chi connectivity index (χ1n) is 4.78. The Morgan fingerprint density at radius 1 is 1.35 bits per heavy atom. The third-order valence-electron chi connectivity index (χ3n) is 2.13. The van der Waals surface area contributed by atoms with Crippen LogP contribution in [0.4, 0.5) is 5.82 Å². The van der Waals surface area contributed by atoms with Gasteiger partial charge in [0.1, 0.15) is 12.4 Å². The SMILES string of the molecule is COCC(=O)NNc1cc(=O)n(C)c(=O)n1C. The number of ether oxygens (including phenoxy) is 1. The largest absolute Gasteiger partial charge is 0.375 e. The van der Waals surface area contributed by atoms with Crippen molar-refractivity contribution in [2.45, 2.75) is 0 Å². The second-order valence-electron chi connectivity index (χ2n) is 3.37. The van der Waals surface area contributed by atoms with E-state index in [2.05, 4.69) is 15.6 Å². The molecule has 17 heavy (non-hydrogen) atoms. The molecule has 0 unspecified atom stereocenters. The number of methoxy groups -OCH3 is 1. The topological polar surface area (TPSA) is 94.4 Å². The normalized spacial score (nSPS) is 10.1. The molecule has 0 aliphatic carbocycles. The molecule has 8 heteroatoms. The van der Waals surface area contributed by atoms with E-state index in [1.54, 1.807) is 0 Å². The van der Waals surface area contributed by atoms with E-state index in [4.69, 9.17) is 0 Å². The lowest BCUT2D eigenvalue weighted by Gasteiger charge is -2.12. The molecule has 0 atom stereocenters. The number of nitrogens with one attached hydrogen (secondary N) is 2. The predicted molar refractivity (Wildman–Crippen MR) is 60.6 cm³/mol. The van der Waals surface area contributed by atoms with E-state index in [9.17, 15) is 14.4 Å². The smallest absolute Gasteiger partial charge is 0.332 e. The number of hydrazine groups is 1. The fourth-order valence-corrected chi connectivity index (χ4v) is 1.15. The Kier molecular flexibility index (Phi) is 4.05. The Morgan fingerprint density at radius 3 is 2.59 bits per heavy atom. The molecule has 0 fully saturated rings.